The van der Waals surface area contributed by atoms with Gasteiger partial charge in [0.25, 0.3) is 5.91 Å². The van der Waals surface area contributed by atoms with Gasteiger partial charge in [-0.25, -0.2) is 9.97 Å². The van der Waals surface area contributed by atoms with Crippen molar-refractivity contribution in [3.8, 4) is 0 Å². The third-order valence-electron chi connectivity index (χ3n) is 3.50. The Morgan fingerprint density at radius 1 is 1.17 bits per heavy atom. The second-order valence-corrected chi connectivity index (χ2v) is 5.75. The van der Waals surface area contributed by atoms with Crippen molar-refractivity contribution < 1.29 is 4.79 Å². The molecule has 2 aromatic rings. The lowest BCUT2D eigenvalue weighted by Gasteiger charge is -2.11. The molecule has 0 atom stereocenters. The first-order chi connectivity index (χ1) is 11.0. The maximum atomic E-state index is 12.1. The Bertz CT molecular complexity index is 684. The van der Waals surface area contributed by atoms with Crippen LogP contribution >= 0.6 is 0 Å². The minimum atomic E-state index is -0.197. The zero-order chi connectivity index (χ0) is 16.8. The Hall–Kier alpha value is -2.47. The van der Waals surface area contributed by atoms with Gasteiger partial charge < -0.3 is 15.5 Å². The van der Waals surface area contributed by atoms with Gasteiger partial charge in [-0.05, 0) is 57.3 Å². The van der Waals surface area contributed by atoms with E-state index in [1.165, 1.54) is 11.1 Å². The van der Waals surface area contributed by atoms with Crippen molar-refractivity contribution in [1.29, 1.82) is 0 Å². The van der Waals surface area contributed by atoms with Crippen LogP contribution in [0.1, 0.15) is 21.6 Å². The molecule has 1 aromatic carbocycles. The van der Waals surface area contributed by atoms with E-state index >= 15 is 0 Å². The first-order valence-corrected chi connectivity index (χ1v) is 7.56. The number of aromatic nitrogens is 2. The van der Waals surface area contributed by atoms with Gasteiger partial charge in [-0.3, -0.25) is 4.79 Å². The summed E-state index contributed by atoms with van der Waals surface area (Å²) in [5, 5.41) is 5.97. The molecule has 2 rings (SSSR count). The van der Waals surface area contributed by atoms with Crippen molar-refractivity contribution in [2.45, 2.75) is 13.8 Å². The van der Waals surface area contributed by atoms with Gasteiger partial charge in [0.15, 0.2) is 0 Å². The third kappa shape index (κ3) is 5.03. The molecule has 0 fully saturated rings. The minimum absolute atomic E-state index is 0.197. The summed E-state index contributed by atoms with van der Waals surface area (Å²) in [6.45, 7) is 5.48. The molecule has 6 nitrogen and oxygen atoms in total. The molecule has 6 heteroatoms. The molecule has 1 amide bonds. The van der Waals surface area contributed by atoms with Crippen LogP contribution in [0.15, 0.2) is 30.5 Å². The number of nitrogens with one attached hydrogen (secondary N) is 2. The van der Waals surface area contributed by atoms with E-state index in [0.717, 1.165) is 12.2 Å². The van der Waals surface area contributed by atoms with E-state index in [1.807, 2.05) is 37.2 Å². The Kier molecular flexibility index (Phi) is 5.65. The van der Waals surface area contributed by atoms with E-state index in [-0.39, 0.29) is 5.91 Å². The third-order valence-corrected chi connectivity index (χ3v) is 3.50. The number of likely N-dealkylation sites (N-methyl/N-ethyl adjacent to an activating group) is 1. The van der Waals surface area contributed by atoms with Gasteiger partial charge in [0.2, 0.25) is 5.95 Å². The smallest absolute Gasteiger partial charge is 0.270 e. The fourth-order valence-electron chi connectivity index (χ4n) is 1.98. The molecule has 0 aliphatic heterocycles. The number of carbonyl (C=O) groups excluding carboxylic acids is 1. The van der Waals surface area contributed by atoms with Gasteiger partial charge in [0.05, 0.1) is 0 Å². The molecule has 0 saturated heterocycles. The summed E-state index contributed by atoms with van der Waals surface area (Å²) in [5.74, 6) is 0.214. The quantitative estimate of drug-likeness (QED) is 0.855. The van der Waals surface area contributed by atoms with E-state index in [0.29, 0.717) is 18.2 Å². The number of aryl methyl sites for hydroxylation is 2. The summed E-state index contributed by atoms with van der Waals surface area (Å²) in [4.78, 5) is 22.5. The highest BCUT2D eigenvalue weighted by Crippen LogP contribution is 2.17. The molecule has 0 unspecified atom stereocenters. The Morgan fingerprint density at radius 2 is 1.96 bits per heavy atom. The summed E-state index contributed by atoms with van der Waals surface area (Å²) >= 11 is 0. The molecule has 0 saturated carbocycles. The number of hydrogen-bond donors (Lipinski definition) is 2. The van der Waals surface area contributed by atoms with E-state index in [9.17, 15) is 4.79 Å². The molecule has 23 heavy (non-hydrogen) atoms. The lowest BCUT2D eigenvalue weighted by Crippen LogP contribution is -2.31. The average Bonchev–Trinajstić information content (AvgIpc) is 2.51. The molecule has 0 aliphatic carbocycles. The van der Waals surface area contributed by atoms with Crippen molar-refractivity contribution in [2.24, 2.45) is 0 Å². The monoisotopic (exact) mass is 313 g/mol. The average molecular weight is 313 g/mol. The Morgan fingerprint density at radius 3 is 2.65 bits per heavy atom. The number of benzene rings is 1. The van der Waals surface area contributed by atoms with Crippen LogP contribution in [0.5, 0.6) is 0 Å². The Balaban J connectivity index is 2.04. The van der Waals surface area contributed by atoms with Gasteiger partial charge in [-0.1, -0.05) is 6.07 Å². The summed E-state index contributed by atoms with van der Waals surface area (Å²) in [6, 6.07) is 7.64. The van der Waals surface area contributed by atoms with Crippen LogP contribution in [0.4, 0.5) is 11.6 Å². The normalized spacial score (nSPS) is 10.7. The van der Waals surface area contributed by atoms with Crippen LogP contribution in [-0.2, 0) is 0 Å². The van der Waals surface area contributed by atoms with Gasteiger partial charge >= 0.3 is 0 Å². The zero-order valence-corrected chi connectivity index (χ0v) is 14.1. The molecule has 0 radical (unpaired) electrons. The molecule has 122 valence electrons. The van der Waals surface area contributed by atoms with E-state index in [4.69, 9.17) is 0 Å². The van der Waals surface area contributed by atoms with Gasteiger partial charge in [-0.15, -0.1) is 0 Å². The number of carbonyl (C=O) groups is 1. The summed E-state index contributed by atoms with van der Waals surface area (Å²) in [7, 11) is 3.92. The van der Waals surface area contributed by atoms with Crippen LogP contribution in [-0.4, -0.2) is 48.0 Å². The second kappa shape index (κ2) is 7.69. The highest BCUT2D eigenvalue weighted by molar-refractivity contribution is 5.92. The van der Waals surface area contributed by atoms with Crippen molar-refractivity contribution in [2.75, 3.05) is 32.5 Å². The van der Waals surface area contributed by atoms with Crippen molar-refractivity contribution >= 4 is 17.5 Å². The number of hydrogen-bond acceptors (Lipinski definition) is 5. The number of rotatable bonds is 6. The molecule has 0 bridgehead atoms. The van der Waals surface area contributed by atoms with Crippen LogP contribution in [0.2, 0.25) is 0 Å². The predicted octanol–water partition coefficient (Wildman–Crippen LogP) is 2.13. The maximum absolute atomic E-state index is 12.1. The largest absolute Gasteiger partial charge is 0.349 e. The van der Waals surface area contributed by atoms with Crippen LogP contribution in [0, 0.1) is 13.8 Å². The summed E-state index contributed by atoms with van der Waals surface area (Å²) in [5.41, 5.74) is 3.67. The topological polar surface area (TPSA) is 70.2 Å². The molecule has 1 heterocycles. The van der Waals surface area contributed by atoms with Crippen LogP contribution < -0.4 is 10.6 Å². The molecular weight excluding hydrogens is 290 g/mol. The predicted molar refractivity (Wildman–Crippen MR) is 92.1 cm³/mol. The molecule has 1 aromatic heterocycles. The molecule has 0 aliphatic rings. The minimum Gasteiger partial charge on any atom is -0.349 e. The lowest BCUT2D eigenvalue weighted by molar-refractivity contribution is 0.0946. The van der Waals surface area contributed by atoms with Gasteiger partial charge in [0, 0.05) is 25.0 Å². The number of amides is 1. The maximum Gasteiger partial charge on any atom is 0.270 e. The summed E-state index contributed by atoms with van der Waals surface area (Å²) < 4.78 is 0. The van der Waals surface area contributed by atoms with Crippen molar-refractivity contribution in [3.63, 3.8) is 0 Å². The molecule has 0 spiro atoms. The first kappa shape index (κ1) is 16.9. The second-order valence-electron chi connectivity index (χ2n) is 5.75. The number of nitrogens with zero attached hydrogens (tertiary/aromatic N) is 3. The highest BCUT2D eigenvalue weighted by atomic mass is 16.1. The Labute approximate surface area is 137 Å². The fraction of sp³-hybridized carbons (Fsp3) is 0.353. The fourth-order valence-corrected chi connectivity index (χ4v) is 1.98. The molecular formula is C17H23N5O. The standard InChI is InChI=1S/C17H23N5O/c1-12-5-6-14(11-13(12)2)20-17-19-8-7-15(21-17)16(23)18-9-10-22(3)4/h5-8,11H,9-10H2,1-4H3,(H,18,23)(H,19,20,21). The molecule has 2 N–H and O–H groups in total. The van der Waals surface area contributed by atoms with Crippen molar-refractivity contribution in [1.82, 2.24) is 20.2 Å². The number of anilines is 2. The SMILES string of the molecule is Cc1ccc(Nc2nccc(C(=O)NCCN(C)C)n2)cc1C. The zero-order valence-electron chi connectivity index (χ0n) is 14.1. The van der Waals surface area contributed by atoms with Gasteiger partial charge in [-0.2, -0.15) is 0 Å². The highest BCUT2D eigenvalue weighted by Gasteiger charge is 2.08. The summed E-state index contributed by atoms with van der Waals surface area (Å²) in [6.07, 6.45) is 1.58. The van der Waals surface area contributed by atoms with Crippen LogP contribution in [0.3, 0.4) is 0 Å². The lowest BCUT2D eigenvalue weighted by atomic mass is 10.1. The van der Waals surface area contributed by atoms with E-state index in [1.54, 1.807) is 12.3 Å². The van der Waals surface area contributed by atoms with Gasteiger partial charge in [0.1, 0.15) is 5.69 Å². The van der Waals surface area contributed by atoms with E-state index < -0.39 is 0 Å². The van der Waals surface area contributed by atoms with Crippen molar-refractivity contribution in [3.05, 3.63) is 47.3 Å². The van der Waals surface area contributed by atoms with Crippen LogP contribution in [0.25, 0.3) is 0 Å². The first-order valence-electron chi connectivity index (χ1n) is 7.56. The van der Waals surface area contributed by atoms with E-state index in [2.05, 4.69) is 34.4 Å².